The average Bonchev–Trinajstić information content (AvgIpc) is 2.18. The molecule has 5 heteroatoms. The standard InChI is InChI=1S/C11H9F4O/c1-3-7(2)8-4-5-9(12)10(6-8)16-11(13,14)15/h3-7H,1-2H2. The van der Waals surface area contributed by atoms with Crippen LogP contribution in [0.5, 0.6) is 5.75 Å². The Morgan fingerprint density at radius 3 is 2.44 bits per heavy atom. The van der Waals surface area contributed by atoms with Crippen molar-refractivity contribution < 1.29 is 22.3 Å². The molecule has 1 atom stereocenters. The smallest absolute Gasteiger partial charge is 0.403 e. The fourth-order valence-electron chi connectivity index (χ4n) is 1.09. The molecule has 1 unspecified atom stereocenters. The van der Waals surface area contributed by atoms with Gasteiger partial charge in [-0.2, -0.15) is 0 Å². The van der Waals surface area contributed by atoms with Gasteiger partial charge in [0.1, 0.15) is 0 Å². The second-order valence-corrected chi connectivity index (χ2v) is 3.08. The van der Waals surface area contributed by atoms with Crippen molar-refractivity contribution >= 4 is 0 Å². The minimum Gasteiger partial charge on any atom is -0.403 e. The first-order chi connectivity index (χ1) is 7.33. The van der Waals surface area contributed by atoms with Gasteiger partial charge in [0, 0.05) is 5.92 Å². The van der Waals surface area contributed by atoms with Crippen LogP contribution in [0.3, 0.4) is 0 Å². The topological polar surface area (TPSA) is 9.23 Å². The fourth-order valence-corrected chi connectivity index (χ4v) is 1.09. The Kier molecular flexibility index (Phi) is 3.57. The summed E-state index contributed by atoms with van der Waals surface area (Å²) in [6, 6.07) is 3.19. The number of hydrogen-bond acceptors (Lipinski definition) is 1. The lowest BCUT2D eigenvalue weighted by atomic mass is 10.0. The Balaban J connectivity index is 3.04. The zero-order valence-electron chi connectivity index (χ0n) is 8.22. The zero-order chi connectivity index (χ0) is 12.3. The number of benzene rings is 1. The van der Waals surface area contributed by atoms with Crippen LogP contribution in [0, 0.1) is 12.7 Å². The molecule has 1 nitrogen and oxygen atoms in total. The third kappa shape index (κ3) is 3.25. The molecule has 1 rings (SSSR count). The van der Waals surface area contributed by atoms with E-state index < -0.39 is 23.8 Å². The molecule has 0 saturated heterocycles. The molecule has 1 aromatic rings. The van der Waals surface area contributed by atoms with Crippen LogP contribution in [-0.4, -0.2) is 6.36 Å². The number of halogens is 4. The van der Waals surface area contributed by atoms with Crippen molar-refractivity contribution in [1.29, 1.82) is 0 Å². The molecule has 0 saturated carbocycles. The second-order valence-electron chi connectivity index (χ2n) is 3.08. The highest BCUT2D eigenvalue weighted by Gasteiger charge is 2.32. The predicted octanol–water partition coefficient (Wildman–Crippen LogP) is 3.83. The largest absolute Gasteiger partial charge is 0.573 e. The van der Waals surface area contributed by atoms with Crippen LogP contribution in [0.2, 0.25) is 0 Å². The summed E-state index contributed by atoms with van der Waals surface area (Å²) in [5.41, 5.74) is 0.399. The van der Waals surface area contributed by atoms with E-state index in [4.69, 9.17) is 0 Å². The Bertz CT molecular complexity index is 384. The molecule has 0 spiro atoms. The van der Waals surface area contributed by atoms with E-state index >= 15 is 0 Å². The number of hydrogen-bond donors (Lipinski definition) is 0. The molecular weight excluding hydrogens is 224 g/mol. The Labute approximate surface area is 90.3 Å². The minimum atomic E-state index is -4.91. The van der Waals surface area contributed by atoms with Gasteiger partial charge in [0.15, 0.2) is 11.6 Å². The van der Waals surface area contributed by atoms with Crippen LogP contribution >= 0.6 is 0 Å². The van der Waals surface area contributed by atoms with E-state index in [1.54, 1.807) is 0 Å². The summed E-state index contributed by atoms with van der Waals surface area (Å²) < 4.78 is 52.3. The van der Waals surface area contributed by atoms with Crippen molar-refractivity contribution in [2.45, 2.75) is 12.3 Å². The van der Waals surface area contributed by atoms with Gasteiger partial charge in [0.05, 0.1) is 0 Å². The Hall–Kier alpha value is -1.52. The van der Waals surface area contributed by atoms with Gasteiger partial charge >= 0.3 is 6.36 Å². The van der Waals surface area contributed by atoms with Crippen LogP contribution in [0.1, 0.15) is 11.5 Å². The van der Waals surface area contributed by atoms with Crippen LogP contribution in [0.25, 0.3) is 0 Å². The first-order valence-electron chi connectivity index (χ1n) is 4.34. The van der Waals surface area contributed by atoms with Gasteiger partial charge in [-0.05, 0) is 24.6 Å². The third-order valence-corrected chi connectivity index (χ3v) is 1.89. The molecular formula is C11H9F4O. The van der Waals surface area contributed by atoms with E-state index in [0.29, 0.717) is 5.56 Å². The molecule has 16 heavy (non-hydrogen) atoms. The first kappa shape index (κ1) is 12.5. The maximum Gasteiger partial charge on any atom is 0.573 e. The quantitative estimate of drug-likeness (QED) is 0.569. The lowest BCUT2D eigenvalue weighted by molar-refractivity contribution is -0.275. The minimum absolute atomic E-state index is 0.399. The summed E-state index contributed by atoms with van der Waals surface area (Å²) in [7, 11) is 0. The van der Waals surface area contributed by atoms with Gasteiger partial charge in [-0.3, -0.25) is 0 Å². The Morgan fingerprint density at radius 1 is 1.31 bits per heavy atom. The van der Waals surface area contributed by atoms with Gasteiger partial charge in [0.2, 0.25) is 0 Å². The van der Waals surface area contributed by atoms with Crippen molar-refractivity contribution in [3.63, 3.8) is 0 Å². The van der Waals surface area contributed by atoms with E-state index in [2.05, 4.69) is 18.2 Å². The van der Waals surface area contributed by atoms with Crippen molar-refractivity contribution in [2.24, 2.45) is 0 Å². The maximum atomic E-state index is 13.0. The van der Waals surface area contributed by atoms with Crippen molar-refractivity contribution in [2.75, 3.05) is 0 Å². The summed E-state index contributed by atoms with van der Waals surface area (Å²) in [4.78, 5) is 0. The van der Waals surface area contributed by atoms with E-state index in [1.807, 2.05) is 0 Å². The molecule has 0 N–H and O–H groups in total. The molecule has 0 aromatic heterocycles. The van der Waals surface area contributed by atoms with E-state index in [1.165, 1.54) is 12.1 Å². The number of allylic oxidation sites excluding steroid dienone is 1. The van der Waals surface area contributed by atoms with Gasteiger partial charge < -0.3 is 4.74 Å². The lowest BCUT2D eigenvalue weighted by Crippen LogP contribution is -2.18. The van der Waals surface area contributed by atoms with Crippen LogP contribution in [0.15, 0.2) is 30.9 Å². The molecule has 0 aliphatic carbocycles. The summed E-state index contributed by atoms with van der Waals surface area (Å²) in [5, 5.41) is 0. The molecule has 87 valence electrons. The number of rotatable bonds is 3. The summed E-state index contributed by atoms with van der Waals surface area (Å²) in [6.07, 6.45) is -3.48. The lowest BCUT2D eigenvalue weighted by Gasteiger charge is -2.12. The molecule has 0 aliphatic heterocycles. The highest BCUT2D eigenvalue weighted by atomic mass is 19.4. The summed E-state index contributed by atoms with van der Waals surface area (Å²) in [5.74, 6) is -2.35. The molecule has 0 fully saturated rings. The fraction of sp³-hybridized carbons (Fsp3) is 0.182. The van der Waals surface area contributed by atoms with Gasteiger partial charge in [0.25, 0.3) is 0 Å². The van der Waals surface area contributed by atoms with Crippen molar-refractivity contribution in [1.82, 2.24) is 0 Å². The van der Waals surface area contributed by atoms with Crippen molar-refractivity contribution in [3.8, 4) is 5.75 Å². The van der Waals surface area contributed by atoms with Crippen molar-refractivity contribution in [3.05, 3.63) is 49.2 Å². The maximum absolute atomic E-state index is 13.0. The van der Waals surface area contributed by atoms with Gasteiger partial charge in [-0.15, -0.1) is 19.8 Å². The summed E-state index contributed by atoms with van der Waals surface area (Å²) in [6.45, 7) is 7.06. The summed E-state index contributed by atoms with van der Waals surface area (Å²) >= 11 is 0. The molecule has 1 radical (unpaired) electrons. The first-order valence-corrected chi connectivity index (χ1v) is 4.34. The second kappa shape index (κ2) is 4.55. The van der Waals surface area contributed by atoms with E-state index in [0.717, 1.165) is 12.1 Å². The number of ether oxygens (including phenoxy) is 1. The van der Waals surface area contributed by atoms with E-state index in [-0.39, 0.29) is 0 Å². The molecule has 1 aromatic carbocycles. The van der Waals surface area contributed by atoms with E-state index in [9.17, 15) is 17.6 Å². The van der Waals surface area contributed by atoms with Crippen LogP contribution in [-0.2, 0) is 0 Å². The van der Waals surface area contributed by atoms with Gasteiger partial charge in [-0.25, -0.2) is 4.39 Å². The Morgan fingerprint density at radius 2 is 1.94 bits per heavy atom. The van der Waals surface area contributed by atoms with Gasteiger partial charge in [-0.1, -0.05) is 12.1 Å². The molecule has 0 heterocycles. The highest BCUT2D eigenvalue weighted by molar-refractivity contribution is 5.34. The zero-order valence-corrected chi connectivity index (χ0v) is 8.22. The molecule has 0 bridgehead atoms. The highest BCUT2D eigenvalue weighted by Crippen LogP contribution is 2.28. The van der Waals surface area contributed by atoms with Crippen LogP contribution in [0.4, 0.5) is 17.6 Å². The third-order valence-electron chi connectivity index (χ3n) is 1.89. The normalized spacial score (nSPS) is 13.3. The SMILES string of the molecule is [CH2]C(C=C)c1ccc(F)c(OC(F)(F)F)c1. The number of alkyl halides is 3. The molecule has 0 amide bonds. The monoisotopic (exact) mass is 233 g/mol. The average molecular weight is 233 g/mol. The van der Waals surface area contributed by atoms with Crippen LogP contribution < -0.4 is 4.74 Å². The predicted molar refractivity (Wildman–Crippen MR) is 51.4 cm³/mol. The molecule has 0 aliphatic rings.